The summed E-state index contributed by atoms with van der Waals surface area (Å²) in [6, 6.07) is 1.52. The van der Waals surface area contributed by atoms with Crippen molar-refractivity contribution in [2.45, 2.75) is 39.7 Å². The summed E-state index contributed by atoms with van der Waals surface area (Å²) in [5.74, 6) is 0.708. The van der Waals surface area contributed by atoms with E-state index in [2.05, 4.69) is 27.6 Å². The molecular formula is C15H22N4O4. The minimum Gasteiger partial charge on any atom is -0.472 e. The van der Waals surface area contributed by atoms with Crippen LogP contribution in [0.2, 0.25) is 0 Å². The number of unbranched alkanes of at least 4 members (excludes halogenated alkanes) is 1. The van der Waals surface area contributed by atoms with Gasteiger partial charge in [-0.25, -0.2) is 0 Å². The number of carbonyl (C=O) groups excluding carboxylic acids is 1. The minimum atomic E-state index is -0.341. The molecule has 0 saturated carbocycles. The van der Waals surface area contributed by atoms with Crippen LogP contribution >= 0.6 is 0 Å². The third-order valence-electron chi connectivity index (χ3n) is 3.39. The van der Waals surface area contributed by atoms with Crippen molar-refractivity contribution >= 4 is 5.91 Å². The normalized spacial score (nSPS) is 10.7. The van der Waals surface area contributed by atoms with Crippen LogP contribution in [0, 0.1) is 6.92 Å². The number of aliphatic hydroxyl groups excluding tert-OH is 1. The maximum absolute atomic E-state index is 11.7. The number of ether oxygens (including phenoxy) is 1. The number of aromatic nitrogens is 3. The molecule has 0 spiro atoms. The summed E-state index contributed by atoms with van der Waals surface area (Å²) in [7, 11) is 0. The van der Waals surface area contributed by atoms with Gasteiger partial charge in [0.2, 0.25) is 5.88 Å². The second-order valence-corrected chi connectivity index (χ2v) is 5.16. The topological polar surface area (TPSA) is 113 Å². The predicted octanol–water partition coefficient (Wildman–Crippen LogP) is 1.35. The SMILES string of the molecule is CCCCc1noc(C)c1COc1cc(C(=O)NCCO)[nH]n1. The molecule has 0 aliphatic rings. The van der Waals surface area contributed by atoms with Crippen LogP contribution in [0.15, 0.2) is 10.6 Å². The van der Waals surface area contributed by atoms with Crippen LogP contribution in [0.4, 0.5) is 0 Å². The number of amides is 1. The lowest BCUT2D eigenvalue weighted by Crippen LogP contribution is -2.26. The molecular weight excluding hydrogens is 300 g/mol. The molecule has 0 fully saturated rings. The van der Waals surface area contributed by atoms with Gasteiger partial charge in [0.15, 0.2) is 0 Å². The number of H-pyrrole nitrogens is 1. The molecule has 0 atom stereocenters. The van der Waals surface area contributed by atoms with Gasteiger partial charge in [-0.15, -0.1) is 5.10 Å². The van der Waals surface area contributed by atoms with Gasteiger partial charge < -0.3 is 19.7 Å². The molecule has 0 aliphatic carbocycles. The summed E-state index contributed by atoms with van der Waals surface area (Å²) in [6.45, 7) is 4.33. The quantitative estimate of drug-likeness (QED) is 0.642. The highest BCUT2D eigenvalue weighted by Crippen LogP contribution is 2.18. The van der Waals surface area contributed by atoms with Crippen LogP contribution in [0.1, 0.15) is 47.3 Å². The lowest BCUT2D eigenvalue weighted by Gasteiger charge is -2.03. The van der Waals surface area contributed by atoms with E-state index in [0.717, 1.165) is 36.3 Å². The number of nitrogens with zero attached hydrogens (tertiary/aromatic N) is 2. The molecule has 126 valence electrons. The van der Waals surface area contributed by atoms with E-state index >= 15 is 0 Å². The molecule has 0 aromatic carbocycles. The number of nitrogens with one attached hydrogen (secondary N) is 2. The molecule has 0 aliphatic heterocycles. The molecule has 3 N–H and O–H groups in total. The summed E-state index contributed by atoms with van der Waals surface area (Å²) < 4.78 is 10.8. The Morgan fingerprint density at radius 1 is 1.52 bits per heavy atom. The summed E-state index contributed by atoms with van der Waals surface area (Å²) >= 11 is 0. The van der Waals surface area contributed by atoms with E-state index < -0.39 is 0 Å². The predicted molar refractivity (Wildman–Crippen MR) is 82.2 cm³/mol. The lowest BCUT2D eigenvalue weighted by molar-refractivity contribution is 0.0939. The van der Waals surface area contributed by atoms with Gasteiger partial charge in [0.1, 0.15) is 18.1 Å². The number of aliphatic hydroxyl groups is 1. The third-order valence-corrected chi connectivity index (χ3v) is 3.39. The summed E-state index contributed by atoms with van der Waals surface area (Å²) in [6.07, 6.45) is 2.97. The van der Waals surface area contributed by atoms with Crippen molar-refractivity contribution in [3.8, 4) is 5.88 Å². The van der Waals surface area contributed by atoms with Crippen molar-refractivity contribution in [2.75, 3.05) is 13.2 Å². The van der Waals surface area contributed by atoms with Crippen LogP contribution < -0.4 is 10.1 Å². The molecule has 0 unspecified atom stereocenters. The molecule has 0 radical (unpaired) electrons. The van der Waals surface area contributed by atoms with Gasteiger partial charge in [0, 0.05) is 12.6 Å². The first kappa shape index (κ1) is 17.0. The molecule has 8 nitrogen and oxygen atoms in total. The average Bonchev–Trinajstić information content (AvgIpc) is 3.15. The molecule has 2 heterocycles. The van der Waals surface area contributed by atoms with Gasteiger partial charge in [0.25, 0.3) is 5.91 Å². The van der Waals surface area contributed by atoms with E-state index in [1.165, 1.54) is 6.07 Å². The molecule has 0 saturated heterocycles. The van der Waals surface area contributed by atoms with E-state index in [1.54, 1.807) is 0 Å². The number of hydrogen-bond donors (Lipinski definition) is 3. The number of rotatable bonds is 9. The Morgan fingerprint density at radius 2 is 2.35 bits per heavy atom. The lowest BCUT2D eigenvalue weighted by atomic mass is 10.1. The zero-order chi connectivity index (χ0) is 16.7. The minimum absolute atomic E-state index is 0.115. The van der Waals surface area contributed by atoms with Gasteiger partial charge in [-0.3, -0.25) is 9.89 Å². The zero-order valence-corrected chi connectivity index (χ0v) is 13.4. The molecule has 2 aromatic rings. The monoisotopic (exact) mass is 322 g/mol. The summed E-state index contributed by atoms with van der Waals surface area (Å²) in [5, 5.41) is 21.8. The fourth-order valence-electron chi connectivity index (χ4n) is 2.07. The number of hydrogen-bond acceptors (Lipinski definition) is 6. The Morgan fingerprint density at radius 3 is 3.09 bits per heavy atom. The van der Waals surface area contributed by atoms with Crippen molar-refractivity contribution in [3.63, 3.8) is 0 Å². The maximum atomic E-state index is 11.7. The highest BCUT2D eigenvalue weighted by Gasteiger charge is 2.15. The highest BCUT2D eigenvalue weighted by molar-refractivity contribution is 5.92. The van der Waals surface area contributed by atoms with Crippen LogP contribution in [0.25, 0.3) is 0 Å². The number of carbonyl (C=O) groups is 1. The molecule has 2 rings (SSSR count). The van der Waals surface area contributed by atoms with Crippen LogP contribution in [-0.4, -0.2) is 39.5 Å². The first-order valence-electron chi connectivity index (χ1n) is 7.67. The van der Waals surface area contributed by atoms with Crippen LogP contribution in [-0.2, 0) is 13.0 Å². The Balaban J connectivity index is 1.95. The van der Waals surface area contributed by atoms with E-state index in [0.29, 0.717) is 5.88 Å². The smallest absolute Gasteiger partial charge is 0.269 e. The van der Waals surface area contributed by atoms with E-state index in [9.17, 15) is 4.79 Å². The first-order valence-corrected chi connectivity index (χ1v) is 7.67. The fourth-order valence-corrected chi connectivity index (χ4v) is 2.07. The second-order valence-electron chi connectivity index (χ2n) is 5.16. The molecule has 23 heavy (non-hydrogen) atoms. The van der Waals surface area contributed by atoms with Crippen LogP contribution in [0.3, 0.4) is 0 Å². The van der Waals surface area contributed by atoms with Crippen LogP contribution in [0.5, 0.6) is 5.88 Å². The Hall–Kier alpha value is -2.35. The second kappa shape index (κ2) is 8.33. The van der Waals surface area contributed by atoms with Gasteiger partial charge in [-0.2, -0.15) is 0 Å². The molecule has 1 amide bonds. The van der Waals surface area contributed by atoms with Crippen molar-refractivity contribution in [2.24, 2.45) is 0 Å². The van der Waals surface area contributed by atoms with Gasteiger partial charge in [-0.05, 0) is 19.8 Å². The maximum Gasteiger partial charge on any atom is 0.269 e. The van der Waals surface area contributed by atoms with Crippen molar-refractivity contribution in [1.29, 1.82) is 0 Å². The zero-order valence-electron chi connectivity index (χ0n) is 13.4. The van der Waals surface area contributed by atoms with Gasteiger partial charge in [-0.1, -0.05) is 18.5 Å². The van der Waals surface area contributed by atoms with Crippen molar-refractivity contribution in [1.82, 2.24) is 20.7 Å². The standard InChI is InChI=1S/C15H22N4O4/c1-3-4-5-12-11(10(2)23-19-12)9-22-14-8-13(17-18-14)15(21)16-6-7-20/h8,20H,3-7,9H2,1-2H3,(H,16,21)(H,17,18). The molecule has 8 heteroatoms. The molecule has 2 aromatic heterocycles. The third kappa shape index (κ3) is 4.56. The summed E-state index contributed by atoms with van der Waals surface area (Å²) in [5.41, 5.74) is 2.11. The highest BCUT2D eigenvalue weighted by atomic mass is 16.5. The largest absolute Gasteiger partial charge is 0.472 e. The van der Waals surface area contributed by atoms with Gasteiger partial charge >= 0.3 is 0 Å². The van der Waals surface area contributed by atoms with E-state index in [4.69, 9.17) is 14.4 Å². The Bertz CT molecular complexity index is 635. The van der Waals surface area contributed by atoms with E-state index in [1.807, 2.05) is 6.92 Å². The average molecular weight is 322 g/mol. The van der Waals surface area contributed by atoms with Gasteiger partial charge in [0.05, 0.1) is 17.9 Å². The fraction of sp³-hybridized carbons (Fsp3) is 0.533. The Labute approximate surface area is 134 Å². The Kier molecular flexibility index (Phi) is 6.16. The first-order chi connectivity index (χ1) is 11.2. The van der Waals surface area contributed by atoms with Crippen molar-refractivity contribution in [3.05, 3.63) is 28.8 Å². The summed E-state index contributed by atoms with van der Waals surface area (Å²) in [4.78, 5) is 11.7. The number of aromatic amines is 1. The van der Waals surface area contributed by atoms with Crippen molar-refractivity contribution < 1.29 is 19.2 Å². The van der Waals surface area contributed by atoms with E-state index in [-0.39, 0.29) is 31.4 Å². The number of aryl methyl sites for hydroxylation is 2. The molecule has 0 bridgehead atoms.